The van der Waals surface area contributed by atoms with E-state index in [1.165, 1.54) is 0 Å². The molecular formula is C8H7ClN4. The first kappa shape index (κ1) is 8.19. The van der Waals surface area contributed by atoms with E-state index in [4.69, 9.17) is 11.6 Å². The van der Waals surface area contributed by atoms with E-state index in [0.29, 0.717) is 5.15 Å². The lowest BCUT2D eigenvalue weighted by molar-refractivity contribution is 0.904. The van der Waals surface area contributed by atoms with Gasteiger partial charge >= 0.3 is 0 Å². The molecule has 0 N–H and O–H groups in total. The second-order valence-corrected chi connectivity index (χ2v) is 2.99. The predicted molar refractivity (Wildman–Crippen MR) is 49.2 cm³/mol. The molecule has 0 saturated heterocycles. The first-order valence-corrected chi connectivity index (χ1v) is 4.12. The molecule has 0 aliphatic carbocycles. The van der Waals surface area contributed by atoms with Gasteiger partial charge in [-0.2, -0.15) is 0 Å². The van der Waals surface area contributed by atoms with Crippen LogP contribution < -0.4 is 0 Å². The molecule has 0 unspecified atom stereocenters. The van der Waals surface area contributed by atoms with E-state index < -0.39 is 0 Å². The first-order chi connectivity index (χ1) is 6.27. The molecule has 66 valence electrons. The summed E-state index contributed by atoms with van der Waals surface area (Å²) in [6.45, 7) is 0. The minimum atomic E-state index is 0.387. The SMILES string of the molecule is Cn1ccnc1-c1ccc(Cl)nn1. The zero-order chi connectivity index (χ0) is 9.26. The van der Waals surface area contributed by atoms with Gasteiger partial charge in [-0.3, -0.25) is 0 Å². The van der Waals surface area contributed by atoms with Crippen LogP contribution >= 0.6 is 11.6 Å². The Kier molecular flexibility index (Phi) is 1.98. The summed E-state index contributed by atoms with van der Waals surface area (Å²) >= 11 is 5.61. The van der Waals surface area contributed by atoms with Crippen molar-refractivity contribution >= 4 is 11.6 Å². The van der Waals surface area contributed by atoms with Crippen molar-refractivity contribution in [1.82, 2.24) is 19.7 Å². The monoisotopic (exact) mass is 194 g/mol. The van der Waals surface area contributed by atoms with Crippen LogP contribution in [-0.4, -0.2) is 19.7 Å². The van der Waals surface area contributed by atoms with Gasteiger partial charge in [0.2, 0.25) is 0 Å². The van der Waals surface area contributed by atoms with E-state index in [-0.39, 0.29) is 0 Å². The van der Waals surface area contributed by atoms with Crippen molar-refractivity contribution in [3.63, 3.8) is 0 Å². The Labute approximate surface area is 80.2 Å². The molecule has 2 rings (SSSR count). The van der Waals surface area contributed by atoms with Gasteiger partial charge < -0.3 is 4.57 Å². The van der Waals surface area contributed by atoms with E-state index in [2.05, 4.69) is 15.2 Å². The fraction of sp³-hybridized carbons (Fsp3) is 0.125. The van der Waals surface area contributed by atoms with Crippen LogP contribution in [0.3, 0.4) is 0 Å². The molecule has 5 heteroatoms. The summed E-state index contributed by atoms with van der Waals surface area (Å²) < 4.78 is 1.87. The normalized spacial score (nSPS) is 10.3. The van der Waals surface area contributed by atoms with Crippen molar-refractivity contribution in [3.05, 3.63) is 29.7 Å². The van der Waals surface area contributed by atoms with Gasteiger partial charge in [-0.05, 0) is 12.1 Å². The Morgan fingerprint density at radius 3 is 2.69 bits per heavy atom. The van der Waals surface area contributed by atoms with E-state index >= 15 is 0 Å². The van der Waals surface area contributed by atoms with Gasteiger partial charge in [0, 0.05) is 19.4 Å². The largest absolute Gasteiger partial charge is 0.333 e. The zero-order valence-electron chi connectivity index (χ0n) is 6.98. The molecule has 2 aromatic heterocycles. The molecule has 0 aromatic carbocycles. The summed E-state index contributed by atoms with van der Waals surface area (Å²) in [6, 6.07) is 3.48. The molecule has 13 heavy (non-hydrogen) atoms. The highest BCUT2D eigenvalue weighted by atomic mass is 35.5. The third kappa shape index (κ3) is 1.53. The topological polar surface area (TPSA) is 43.6 Å². The standard InChI is InChI=1S/C8H7ClN4/c1-13-5-4-10-8(13)6-2-3-7(9)12-11-6/h2-5H,1H3. The first-order valence-electron chi connectivity index (χ1n) is 3.74. The molecule has 0 aliphatic rings. The van der Waals surface area contributed by atoms with Crippen molar-refractivity contribution in [3.8, 4) is 11.5 Å². The van der Waals surface area contributed by atoms with E-state index in [9.17, 15) is 0 Å². The fourth-order valence-electron chi connectivity index (χ4n) is 1.05. The molecule has 0 bridgehead atoms. The average molecular weight is 195 g/mol. The fourth-order valence-corrected chi connectivity index (χ4v) is 1.15. The molecule has 2 aromatic rings. The molecule has 0 saturated carbocycles. The van der Waals surface area contributed by atoms with Crippen LogP contribution in [0.1, 0.15) is 0 Å². The van der Waals surface area contributed by atoms with Gasteiger partial charge in [0.15, 0.2) is 11.0 Å². The average Bonchev–Trinajstić information content (AvgIpc) is 2.53. The highest BCUT2D eigenvalue weighted by Crippen LogP contribution is 2.13. The lowest BCUT2D eigenvalue weighted by atomic mass is 10.4. The van der Waals surface area contributed by atoms with Crippen molar-refractivity contribution < 1.29 is 0 Å². The van der Waals surface area contributed by atoms with Gasteiger partial charge in [-0.1, -0.05) is 11.6 Å². The number of hydrogen-bond donors (Lipinski definition) is 0. The maximum atomic E-state index is 5.61. The van der Waals surface area contributed by atoms with Crippen LogP contribution in [0.25, 0.3) is 11.5 Å². The number of aromatic nitrogens is 4. The number of nitrogens with zero attached hydrogens (tertiary/aromatic N) is 4. The quantitative estimate of drug-likeness (QED) is 0.692. The van der Waals surface area contributed by atoms with E-state index in [1.807, 2.05) is 17.8 Å². The molecule has 4 nitrogen and oxygen atoms in total. The highest BCUT2D eigenvalue weighted by Gasteiger charge is 2.04. The van der Waals surface area contributed by atoms with Crippen molar-refractivity contribution in [2.24, 2.45) is 7.05 Å². The molecule has 0 aliphatic heterocycles. The maximum absolute atomic E-state index is 5.61. The van der Waals surface area contributed by atoms with Crippen molar-refractivity contribution in [1.29, 1.82) is 0 Å². The third-order valence-electron chi connectivity index (χ3n) is 1.68. The molecule has 0 spiro atoms. The summed E-state index contributed by atoms with van der Waals surface area (Å²) in [5.41, 5.74) is 0.719. The second kappa shape index (κ2) is 3.14. The number of rotatable bonds is 1. The zero-order valence-corrected chi connectivity index (χ0v) is 7.73. The Morgan fingerprint density at radius 2 is 2.15 bits per heavy atom. The van der Waals surface area contributed by atoms with Gasteiger partial charge in [0.05, 0.1) is 0 Å². The molecule has 0 amide bonds. The van der Waals surface area contributed by atoms with Gasteiger partial charge in [-0.15, -0.1) is 10.2 Å². The van der Waals surface area contributed by atoms with Crippen molar-refractivity contribution in [2.75, 3.05) is 0 Å². The van der Waals surface area contributed by atoms with Gasteiger partial charge in [0.1, 0.15) is 5.69 Å². The summed E-state index contributed by atoms with van der Waals surface area (Å²) in [5, 5.41) is 8.04. The van der Waals surface area contributed by atoms with E-state index in [0.717, 1.165) is 11.5 Å². The van der Waals surface area contributed by atoms with Gasteiger partial charge in [0.25, 0.3) is 0 Å². The third-order valence-corrected chi connectivity index (χ3v) is 1.88. The second-order valence-electron chi connectivity index (χ2n) is 2.60. The highest BCUT2D eigenvalue weighted by molar-refractivity contribution is 6.29. The lowest BCUT2D eigenvalue weighted by Crippen LogP contribution is -1.94. The molecule has 0 fully saturated rings. The van der Waals surface area contributed by atoms with Gasteiger partial charge in [-0.25, -0.2) is 4.98 Å². The van der Waals surface area contributed by atoms with Crippen LogP contribution in [-0.2, 0) is 7.05 Å². The van der Waals surface area contributed by atoms with Crippen molar-refractivity contribution in [2.45, 2.75) is 0 Å². The predicted octanol–water partition coefficient (Wildman–Crippen LogP) is 1.53. The Hall–Kier alpha value is -1.42. The Morgan fingerprint density at radius 1 is 1.31 bits per heavy atom. The minimum absolute atomic E-state index is 0.387. The summed E-state index contributed by atoms with van der Waals surface area (Å²) in [5.74, 6) is 0.782. The van der Waals surface area contributed by atoms with E-state index in [1.54, 1.807) is 18.3 Å². The maximum Gasteiger partial charge on any atom is 0.160 e. The van der Waals surface area contributed by atoms with Crippen LogP contribution in [0.4, 0.5) is 0 Å². The van der Waals surface area contributed by atoms with Crippen LogP contribution in [0.15, 0.2) is 24.5 Å². The molecular weight excluding hydrogens is 188 g/mol. The number of aryl methyl sites for hydroxylation is 1. The molecule has 0 atom stereocenters. The van der Waals surface area contributed by atoms with Crippen LogP contribution in [0, 0.1) is 0 Å². The summed E-state index contributed by atoms with van der Waals surface area (Å²) in [7, 11) is 1.90. The summed E-state index contributed by atoms with van der Waals surface area (Å²) in [4.78, 5) is 4.13. The smallest absolute Gasteiger partial charge is 0.160 e. The lowest BCUT2D eigenvalue weighted by Gasteiger charge is -1.98. The van der Waals surface area contributed by atoms with Crippen LogP contribution in [0.2, 0.25) is 5.15 Å². The van der Waals surface area contributed by atoms with Crippen LogP contribution in [0.5, 0.6) is 0 Å². The molecule has 2 heterocycles. The number of halogens is 1. The Bertz CT molecular complexity index is 406. The minimum Gasteiger partial charge on any atom is -0.333 e. The molecule has 0 radical (unpaired) electrons. The number of imidazole rings is 1. The number of hydrogen-bond acceptors (Lipinski definition) is 3. The summed E-state index contributed by atoms with van der Waals surface area (Å²) in [6.07, 6.45) is 3.57. The Balaban J connectivity index is 2.47.